The number of halogens is 1. The predicted octanol–water partition coefficient (Wildman–Crippen LogP) is 1.58. The number of fused-ring (bicyclic) bond motifs is 3. The number of hydrogen-bond acceptors (Lipinski definition) is 6. The van der Waals surface area contributed by atoms with E-state index >= 15 is 0 Å². The summed E-state index contributed by atoms with van der Waals surface area (Å²) < 4.78 is 2.65. The molecule has 2 fully saturated rings. The molecule has 0 radical (unpaired) electrons. The lowest BCUT2D eigenvalue weighted by Gasteiger charge is -2.38. The van der Waals surface area contributed by atoms with E-state index in [0.717, 1.165) is 40.6 Å². The van der Waals surface area contributed by atoms with Crippen LogP contribution in [0.3, 0.4) is 0 Å². The van der Waals surface area contributed by atoms with Gasteiger partial charge >= 0.3 is 0 Å². The van der Waals surface area contributed by atoms with E-state index in [9.17, 15) is 4.79 Å². The Morgan fingerprint density at radius 2 is 2.08 bits per heavy atom. The van der Waals surface area contributed by atoms with Crippen LogP contribution in [0.25, 0.3) is 5.65 Å². The summed E-state index contributed by atoms with van der Waals surface area (Å²) in [5, 5.41) is 10.7. The number of anilines is 1. The number of carbonyl (C=O) groups excluding carboxylic acids is 1. The Bertz CT molecular complexity index is 970. The summed E-state index contributed by atoms with van der Waals surface area (Å²) in [4.78, 5) is 23.6. The molecular formula is C16H17IN8O. The lowest BCUT2D eigenvalue weighted by atomic mass is 9.87. The number of rotatable bonds is 2. The van der Waals surface area contributed by atoms with Crippen LogP contribution in [0.5, 0.6) is 0 Å². The highest BCUT2D eigenvalue weighted by atomic mass is 127. The summed E-state index contributed by atoms with van der Waals surface area (Å²) in [6, 6.07) is 2.34. The van der Waals surface area contributed by atoms with E-state index in [-0.39, 0.29) is 18.0 Å². The molecule has 0 saturated carbocycles. The molecule has 134 valence electrons. The van der Waals surface area contributed by atoms with Gasteiger partial charge in [-0.3, -0.25) is 9.89 Å². The van der Waals surface area contributed by atoms with Crippen molar-refractivity contribution in [3.05, 3.63) is 33.7 Å². The molecule has 26 heavy (non-hydrogen) atoms. The SMILES string of the molecule is Nc1cc(C2C[C@H]3CC[C@@H](C2)N3C(=O)c2ncn[nH]2)nc2c(I)cnn12. The van der Waals surface area contributed by atoms with Crippen molar-refractivity contribution in [3.63, 3.8) is 0 Å². The largest absolute Gasteiger partial charge is 0.384 e. The maximum Gasteiger partial charge on any atom is 0.291 e. The number of nitrogens with zero attached hydrogens (tertiary/aromatic N) is 6. The number of piperidine rings is 1. The maximum atomic E-state index is 12.7. The highest BCUT2D eigenvalue weighted by Gasteiger charge is 2.44. The first-order valence-electron chi connectivity index (χ1n) is 8.59. The molecule has 2 saturated heterocycles. The van der Waals surface area contributed by atoms with E-state index in [0.29, 0.717) is 17.6 Å². The zero-order chi connectivity index (χ0) is 17.8. The van der Waals surface area contributed by atoms with E-state index in [1.54, 1.807) is 10.7 Å². The number of hydrogen-bond donors (Lipinski definition) is 2. The topological polar surface area (TPSA) is 118 Å². The molecule has 3 aromatic heterocycles. The van der Waals surface area contributed by atoms with Crippen LogP contribution in [-0.4, -0.2) is 52.7 Å². The van der Waals surface area contributed by atoms with Crippen LogP contribution in [0.2, 0.25) is 0 Å². The lowest BCUT2D eigenvalue weighted by molar-refractivity contribution is 0.0557. The van der Waals surface area contributed by atoms with Crippen molar-refractivity contribution in [1.29, 1.82) is 0 Å². The Morgan fingerprint density at radius 1 is 1.31 bits per heavy atom. The van der Waals surface area contributed by atoms with Crippen LogP contribution in [0.15, 0.2) is 18.6 Å². The molecule has 3 atom stereocenters. The van der Waals surface area contributed by atoms with Crippen molar-refractivity contribution in [3.8, 4) is 0 Å². The van der Waals surface area contributed by atoms with Gasteiger partial charge < -0.3 is 10.6 Å². The Labute approximate surface area is 162 Å². The second kappa shape index (κ2) is 5.89. The van der Waals surface area contributed by atoms with Crippen molar-refractivity contribution in [1.82, 2.24) is 34.7 Å². The lowest BCUT2D eigenvalue weighted by Crippen LogP contribution is -2.46. The van der Waals surface area contributed by atoms with Gasteiger partial charge in [0.25, 0.3) is 5.91 Å². The molecule has 3 N–H and O–H groups in total. The van der Waals surface area contributed by atoms with Gasteiger partial charge in [0.05, 0.1) is 9.77 Å². The average Bonchev–Trinajstić information content (AvgIpc) is 3.34. The van der Waals surface area contributed by atoms with Gasteiger partial charge in [0, 0.05) is 29.8 Å². The first-order valence-corrected chi connectivity index (χ1v) is 9.67. The summed E-state index contributed by atoms with van der Waals surface area (Å²) in [7, 11) is 0. The van der Waals surface area contributed by atoms with Crippen molar-refractivity contribution in [2.45, 2.75) is 43.7 Å². The van der Waals surface area contributed by atoms with E-state index in [2.05, 4.69) is 42.9 Å². The fourth-order valence-electron chi connectivity index (χ4n) is 4.37. The number of nitrogen functional groups attached to an aromatic ring is 1. The molecule has 2 bridgehead atoms. The third kappa shape index (κ3) is 2.38. The Hall–Kier alpha value is -2.24. The smallest absolute Gasteiger partial charge is 0.291 e. The van der Waals surface area contributed by atoms with Gasteiger partial charge in [-0.25, -0.2) is 9.97 Å². The van der Waals surface area contributed by atoms with Crippen LogP contribution in [0.1, 0.15) is 47.9 Å². The molecule has 0 spiro atoms. The molecule has 0 aromatic carbocycles. The molecule has 5 rings (SSSR count). The van der Waals surface area contributed by atoms with Crippen molar-refractivity contribution >= 4 is 40.0 Å². The monoisotopic (exact) mass is 464 g/mol. The van der Waals surface area contributed by atoms with Gasteiger partial charge in [0.1, 0.15) is 12.1 Å². The first-order chi connectivity index (χ1) is 12.6. The van der Waals surface area contributed by atoms with Crippen LogP contribution >= 0.6 is 22.6 Å². The third-order valence-corrected chi connectivity index (χ3v) is 6.24. The Morgan fingerprint density at radius 3 is 2.77 bits per heavy atom. The average molecular weight is 464 g/mol. The molecule has 9 nitrogen and oxygen atoms in total. The molecule has 0 aliphatic carbocycles. The van der Waals surface area contributed by atoms with E-state index in [4.69, 9.17) is 10.7 Å². The first kappa shape index (κ1) is 16.0. The molecule has 2 aliphatic rings. The van der Waals surface area contributed by atoms with Gasteiger partial charge in [-0.05, 0) is 48.3 Å². The van der Waals surface area contributed by atoms with Gasteiger partial charge in [-0.2, -0.15) is 14.7 Å². The molecule has 5 heterocycles. The number of H-pyrrole nitrogens is 1. The minimum Gasteiger partial charge on any atom is -0.384 e. The second-order valence-electron chi connectivity index (χ2n) is 6.93. The molecular weight excluding hydrogens is 447 g/mol. The number of nitrogens with two attached hydrogens (primary N) is 1. The fraction of sp³-hybridized carbons (Fsp3) is 0.438. The van der Waals surface area contributed by atoms with Crippen molar-refractivity contribution < 1.29 is 4.79 Å². The molecule has 3 aromatic rings. The number of aromatic amines is 1. The summed E-state index contributed by atoms with van der Waals surface area (Å²) in [6.45, 7) is 0. The Balaban J connectivity index is 1.44. The molecule has 10 heteroatoms. The van der Waals surface area contributed by atoms with E-state index in [1.807, 2.05) is 11.0 Å². The molecule has 1 unspecified atom stereocenters. The summed E-state index contributed by atoms with van der Waals surface area (Å²) in [5.74, 6) is 1.16. The highest BCUT2D eigenvalue weighted by Crippen LogP contribution is 2.43. The minimum atomic E-state index is -0.0540. The van der Waals surface area contributed by atoms with Crippen LogP contribution < -0.4 is 5.73 Å². The number of nitrogens with one attached hydrogen (secondary N) is 1. The van der Waals surface area contributed by atoms with Gasteiger partial charge in [0.15, 0.2) is 5.65 Å². The minimum absolute atomic E-state index is 0.0540. The zero-order valence-electron chi connectivity index (χ0n) is 13.8. The number of carbonyl (C=O) groups is 1. The zero-order valence-corrected chi connectivity index (χ0v) is 16.0. The quantitative estimate of drug-likeness (QED) is 0.557. The predicted molar refractivity (Wildman–Crippen MR) is 101 cm³/mol. The number of aromatic nitrogens is 6. The Kier molecular flexibility index (Phi) is 3.62. The van der Waals surface area contributed by atoms with Crippen LogP contribution in [0.4, 0.5) is 5.82 Å². The molecule has 1 amide bonds. The van der Waals surface area contributed by atoms with Gasteiger partial charge in [-0.1, -0.05) is 0 Å². The van der Waals surface area contributed by atoms with Gasteiger partial charge in [0.2, 0.25) is 5.82 Å². The standard InChI is InChI=1S/C16H17IN8O/c17-11-6-21-25-13(18)5-12(22-15(11)25)8-3-9-1-2-10(4-8)24(9)16(26)14-19-7-20-23-14/h5-10H,1-4,18H2,(H,19,20,23)/t8?,9-,10+. The fourth-order valence-corrected chi connectivity index (χ4v) is 4.84. The third-order valence-electron chi connectivity index (χ3n) is 5.48. The molecule has 2 aliphatic heterocycles. The van der Waals surface area contributed by atoms with E-state index < -0.39 is 0 Å². The summed E-state index contributed by atoms with van der Waals surface area (Å²) in [6.07, 6.45) is 6.96. The normalized spacial score (nSPS) is 25.1. The second-order valence-corrected chi connectivity index (χ2v) is 8.10. The number of amides is 1. The van der Waals surface area contributed by atoms with Crippen LogP contribution in [-0.2, 0) is 0 Å². The highest BCUT2D eigenvalue weighted by molar-refractivity contribution is 14.1. The van der Waals surface area contributed by atoms with Crippen molar-refractivity contribution in [2.24, 2.45) is 0 Å². The van der Waals surface area contributed by atoms with Crippen LogP contribution in [0, 0.1) is 3.57 Å². The summed E-state index contributed by atoms with van der Waals surface area (Å²) >= 11 is 2.23. The summed E-state index contributed by atoms with van der Waals surface area (Å²) in [5.41, 5.74) is 7.97. The maximum absolute atomic E-state index is 12.7. The van der Waals surface area contributed by atoms with Crippen molar-refractivity contribution in [2.75, 3.05) is 5.73 Å². The van der Waals surface area contributed by atoms with Gasteiger partial charge in [-0.15, -0.1) is 0 Å². The van der Waals surface area contributed by atoms with E-state index in [1.165, 1.54) is 6.33 Å².